The summed E-state index contributed by atoms with van der Waals surface area (Å²) >= 11 is 0. The van der Waals surface area contributed by atoms with Crippen LogP contribution in [0, 0.1) is 0 Å². The monoisotopic (exact) mass is 311 g/mol. The molecule has 0 atom stereocenters. The maximum Gasteiger partial charge on any atom is 0.256 e. The molecule has 1 saturated heterocycles. The highest BCUT2D eigenvalue weighted by molar-refractivity contribution is 6.03. The van der Waals surface area contributed by atoms with Gasteiger partial charge in [-0.2, -0.15) is 0 Å². The van der Waals surface area contributed by atoms with Gasteiger partial charge >= 0.3 is 0 Å². The Morgan fingerprint density at radius 3 is 2.39 bits per heavy atom. The Kier molecular flexibility index (Phi) is 4.83. The van der Waals surface area contributed by atoms with E-state index in [1.165, 1.54) is 0 Å². The minimum atomic E-state index is -0.177. The van der Waals surface area contributed by atoms with E-state index in [0.717, 1.165) is 38.5 Å². The molecule has 120 valence electrons. The number of carbonyl (C=O) groups excluding carboxylic acids is 1. The van der Waals surface area contributed by atoms with E-state index in [9.17, 15) is 4.79 Å². The minimum Gasteiger partial charge on any atom is -0.353 e. The predicted molar refractivity (Wildman–Crippen MR) is 90.8 cm³/mol. The number of nitrogens with zero attached hydrogens (tertiary/aromatic N) is 4. The zero-order chi connectivity index (χ0) is 16.1. The lowest BCUT2D eigenvalue weighted by molar-refractivity contribution is 0.102. The Bertz CT molecular complexity index is 636. The van der Waals surface area contributed by atoms with Gasteiger partial charge in [-0.25, -0.2) is 0 Å². The average Bonchev–Trinajstić information content (AvgIpc) is 2.63. The van der Waals surface area contributed by atoms with Gasteiger partial charge in [0.05, 0.1) is 0 Å². The molecule has 1 aromatic heterocycles. The van der Waals surface area contributed by atoms with E-state index in [4.69, 9.17) is 0 Å². The first-order valence-electron chi connectivity index (χ1n) is 7.93. The van der Waals surface area contributed by atoms with E-state index in [-0.39, 0.29) is 5.91 Å². The van der Waals surface area contributed by atoms with Crippen LogP contribution in [0.25, 0.3) is 0 Å². The van der Waals surface area contributed by atoms with Gasteiger partial charge in [-0.1, -0.05) is 25.1 Å². The maximum atomic E-state index is 12.1. The first kappa shape index (κ1) is 15.4. The van der Waals surface area contributed by atoms with E-state index in [1.54, 1.807) is 18.2 Å². The number of aromatic nitrogens is 2. The normalized spacial score (nSPS) is 15.4. The second-order valence-corrected chi connectivity index (χ2v) is 5.52. The number of rotatable bonds is 4. The third kappa shape index (κ3) is 3.84. The molecule has 23 heavy (non-hydrogen) atoms. The summed E-state index contributed by atoms with van der Waals surface area (Å²) in [5.41, 5.74) is 0.606. The molecule has 1 aliphatic heterocycles. The van der Waals surface area contributed by atoms with Crippen molar-refractivity contribution in [2.24, 2.45) is 0 Å². The quantitative estimate of drug-likeness (QED) is 0.934. The molecule has 2 heterocycles. The van der Waals surface area contributed by atoms with Crippen LogP contribution in [0.3, 0.4) is 0 Å². The van der Waals surface area contributed by atoms with Crippen LogP contribution in [0.4, 0.5) is 11.6 Å². The minimum absolute atomic E-state index is 0.177. The van der Waals surface area contributed by atoms with Crippen molar-refractivity contribution in [1.82, 2.24) is 15.1 Å². The lowest BCUT2D eigenvalue weighted by atomic mass is 10.2. The SMILES string of the molecule is CCN1CCN(c2ccc(NC(=O)c3ccccc3)nn2)CC1. The Balaban J connectivity index is 1.60. The lowest BCUT2D eigenvalue weighted by Gasteiger charge is -2.34. The van der Waals surface area contributed by atoms with E-state index in [1.807, 2.05) is 24.3 Å². The molecule has 0 unspecified atom stereocenters. The van der Waals surface area contributed by atoms with Gasteiger partial charge in [-0.3, -0.25) is 4.79 Å². The van der Waals surface area contributed by atoms with Crippen LogP contribution < -0.4 is 10.2 Å². The summed E-state index contributed by atoms with van der Waals surface area (Å²) in [7, 11) is 0. The molecule has 0 bridgehead atoms. The summed E-state index contributed by atoms with van der Waals surface area (Å²) in [6, 6.07) is 12.8. The van der Waals surface area contributed by atoms with Gasteiger partial charge in [-0.05, 0) is 30.8 Å². The van der Waals surface area contributed by atoms with Crippen LogP contribution in [-0.4, -0.2) is 53.7 Å². The number of carbonyl (C=O) groups is 1. The van der Waals surface area contributed by atoms with Crippen molar-refractivity contribution in [3.05, 3.63) is 48.0 Å². The van der Waals surface area contributed by atoms with E-state index < -0.39 is 0 Å². The smallest absolute Gasteiger partial charge is 0.256 e. The van der Waals surface area contributed by atoms with Crippen LogP contribution in [0.1, 0.15) is 17.3 Å². The van der Waals surface area contributed by atoms with Gasteiger partial charge in [0.2, 0.25) is 0 Å². The molecule has 1 amide bonds. The number of hydrogen-bond acceptors (Lipinski definition) is 5. The van der Waals surface area contributed by atoms with E-state index in [0.29, 0.717) is 11.4 Å². The Morgan fingerprint density at radius 1 is 1.04 bits per heavy atom. The third-order valence-corrected chi connectivity index (χ3v) is 4.07. The highest BCUT2D eigenvalue weighted by atomic mass is 16.1. The molecule has 0 spiro atoms. The molecule has 0 aliphatic carbocycles. The number of hydrogen-bond donors (Lipinski definition) is 1. The van der Waals surface area contributed by atoms with Crippen LogP contribution in [0.15, 0.2) is 42.5 Å². The van der Waals surface area contributed by atoms with Crippen molar-refractivity contribution < 1.29 is 4.79 Å². The number of amides is 1. The highest BCUT2D eigenvalue weighted by Crippen LogP contribution is 2.14. The van der Waals surface area contributed by atoms with Crippen molar-refractivity contribution in [2.45, 2.75) is 6.92 Å². The summed E-state index contributed by atoms with van der Waals surface area (Å²) in [5.74, 6) is 1.15. The van der Waals surface area contributed by atoms with Crippen molar-refractivity contribution >= 4 is 17.5 Å². The van der Waals surface area contributed by atoms with Crippen LogP contribution in [0.2, 0.25) is 0 Å². The Morgan fingerprint density at radius 2 is 1.78 bits per heavy atom. The van der Waals surface area contributed by atoms with E-state index in [2.05, 4.69) is 32.2 Å². The number of likely N-dealkylation sites (N-methyl/N-ethyl adjacent to an activating group) is 1. The molecule has 6 heteroatoms. The van der Waals surface area contributed by atoms with Crippen molar-refractivity contribution in [2.75, 3.05) is 42.9 Å². The van der Waals surface area contributed by atoms with Crippen molar-refractivity contribution in [3.8, 4) is 0 Å². The fourth-order valence-electron chi connectivity index (χ4n) is 2.63. The van der Waals surface area contributed by atoms with E-state index >= 15 is 0 Å². The average molecular weight is 311 g/mol. The summed E-state index contributed by atoms with van der Waals surface area (Å²) in [5, 5.41) is 11.1. The van der Waals surface area contributed by atoms with Gasteiger partial charge in [0.25, 0.3) is 5.91 Å². The van der Waals surface area contributed by atoms with Crippen LogP contribution in [-0.2, 0) is 0 Å². The molecule has 6 nitrogen and oxygen atoms in total. The summed E-state index contributed by atoms with van der Waals surface area (Å²) in [6.07, 6.45) is 0. The van der Waals surface area contributed by atoms with Gasteiger partial charge in [0.15, 0.2) is 11.6 Å². The van der Waals surface area contributed by atoms with Crippen molar-refractivity contribution in [3.63, 3.8) is 0 Å². The largest absolute Gasteiger partial charge is 0.353 e. The molecular formula is C17H21N5O. The molecule has 0 radical (unpaired) electrons. The van der Waals surface area contributed by atoms with Gasteiger partial charge in [-0.15, -0.1) is 10.2 Å². The van der Waals surface area contributed by atoms with Gasteiger partial charge < -0.3 is 15.1 Å². The molecule has 1 aromatic carbocycles. The molecule has 1 N–H and O–H groups in total. The first-order chi connectivity index (χ1) is 11.3. The number of benzene rings is 1. The third-order valence-electron chi connectivity index (χ3n) is 4.07. The van der Waals surface area contributed by atoms with Crippen LogP contribution >= 0.6 is 0 Å². The summed E-state index contributed by atoms with van der Waals surface area (Å²) < 4.78 is 0. The second-order valence-electron chi connectivity index (χ2n) is 5.52. The fraction of sp³-hybridized carbons (Fsp3) is 0.353. The molecule has 3 rings (SSSR count). The number of anilines is 2. The topological polar surface area (TPSA) is 61.4 Å². The zero-order valence-electron chi connectivity index (χ0n) is 13.3. The number of piperazine rings is 1. The molecule has 1 aliphatic rings. The molecule has 0 saturated carbocycles. The Hall–Kier alpha value is -2.47. The summed E-state index contributed by atoms with van der Waals surface area (Å²) in [6.45, 7) is 7.27. The fourth-order valence-corrected chi connectivity index (χ4v) is 2.63. The molecular weight excluding hydrogens is 290 g/mol. The maximum absolute atomic E-state index is 12.1. The number of nitrogens with one attached hydrogen (secondary N) is 1. The lowest BCUT2D eigenvalue weighted by Crippen LogP contribution is -2.46. The zero-order valence-corrected chi connectivity index (χ0v) is 13.3. The highest BCUT2D eigenvalue weighted by Gasteiger charge is 2.17. The molecule has 2 aromatic rings. The first-order valence-corrected chi connectivity index (χ1v) is 7.93. The summed E-state index contributed by atoms with van der Waals surface area (Å²) in [4.78, 5) is 16.7. The van der Waals surface area contributed by atoms with Crippen LogP contribution in [0.5, 0.6) is 0 Å². The van der Waals surface area contributed by atoms with Crippen molar-refractivity contribution in [1.29, 1.82) is 0 Å². The second kappa shape index (κ2) is 7.19. The predicted octanol–water partition coefficient (Wildman–Crippen LogP) is 1.87. The Labute approximate surface area is 136 Å². The standard InChI is InChI=1S/C17H21N5O/c1-2-21-10-12-22(13-11-21)16-9-8-15(19-20-16)18-17(23)14-6-4-3-5-7-14/h3-9H,2,10-13H2,1H3,(H,18,19,23). The van der Waals surface area contributed by atoms with Gasteiger partial charge in [0.1, 0.15) is 0 Å². The molecule has 1 fully saturated rings. The van der Waals surface area contributed by atoms with Gasteiger partial charge in [0, 0.05) is 31.7 Å².